The molecule has 0 spiro atoms. The Morgan fingerprint density at radius 2 is 2.15 bits per heavy atom. The van der Waals surface area contributed by atoms with Gasteiger partial charge in [0.2, 0.25) is 9.84 Å². The highest BCUT2D eigenvalue weighted by molar-refractivity contribution is 7.91. The lowest BCUT2D eigenvalue weighted by molar-refractivity contribution is 0.234. The van der Waals surface area contributed by atoms with Gasteiger partial charge in [-0.1, -0.05) is 17.7 Å². The first kappa shape index (κ1) is 15.2. The molecular formula is C12H13ClF2N2O2S. The van der Waals surface area contributed by atoms with Crippen molar-refractivity contribution in [1.29, 1.82) is 0 Å². The van der Waals surface area contributed by atoms with Crippen molar-refractivity contribution in [2.24, 2.45) is 4.99 Å². The van der Waals surface area contributed by atoms with E-state index in [0.717, 1.165) is 24.0 Å². The molecule has 1 aliphatic rings. The number of nitrogens with zero attached hydrogens (tertiary/aromatic N) is 1. The molecule has 0 saturated heterocycles. The van der Waals surface area contributed by atoms with Crippen LogP contribution in [0.1, 0.15) is 11.1 Å². The topological polar surface area (TPSA) is 58.5 Å². The molecule has 1 aromatic carbocycles. The van der Waals surface area contributed by atoms with Gasteiger partial charge in [0.05, 0.1) is 16.5 Å². The fourth-order valence-electron chi connectivity index (χ4n) is 1.95. The van der Waals surface area contributed by atoms with Crippen LogP contribution in [-0.2, 0) is 16.3 Å². The van der Waals surface area contributed by atoms with E-state index in [9.17, 15) is 17.2 Å². The molecule has 4 nitrogen and oxygen atoms in total. The smallest absolute Gasteiger partial charge is 0.341 e. The highest BCUT2D eigenvalue weighted by Crippen LogP contribution is 2.31. The Kier molecular flexibility index (Phi) is 4.29. The molecule has 0 saturated carbocycles. The molecule has 0 atom stereocenters. The van der Waals surface area contributed by atoms with Crippen molar-refractivity contribution in [2.45, 2.75) is 24.0 Å². The highest BCUT2D eigenvalue weighted by atomic mass is 35.5. The molecule has 0 unspecified atom stereocenters. The van der Waals surface area contributed by atoms with Gasteiger partial charge in [0, 0.05) is 13.0 Å². The van der Waals surface area contributed by atoms with E-state index in [1.165, 1.54) is 6.07 Å². The van der Waals surface area contributed by atoms with Crippen molar-refractivity contribution < 1.29 is 17.2 Å². The molecule has 0 amide bonds. The van der Waals surface area contributed by atoms with E-state index in [-0.39, 0.29) is 5.02 Å². The summed E-state index contributed by atoms with van der Waals surface area (Å²) in [4.78, 5) is 3.69. The maximum Gasteiger partial charge on any atom is 0.341 e. The normalized spacial score (nSPS) is 15.3. The van der Waals surface area contributed by atoms with E-state index < -0.39 is 20.5 Å². The van der Waals surface area contributed by atoms with E-state index in [0.29, 0.717) is 18.5 Å². The van der Waals surface area contributed by atoms with Crippen LogP contribution in [0.3, 0.4) is 0 Å². The summed E-state index contributed by atoms with van der Waals surface area (Å²) in [6, 6.07) is 2.63. The number of hydrogen-bond acceptors (Lipinski definition) is 4. The molecule has 1 N–H and O–H groups in total. The molecule has 1 aromatic rings. The second kappa shape index (κ2) is 5.65. The minimum Gasteiger partial charge on any atom is -0.372 e. The molecule has 0 fully saturated rings. The average molecular weight is 323 g/mol. The molecule has 0 aromatic heterocycles. The lowest BCUT2D eigenvalue weighted by atomic mass is 10.1. The molecule has 1 aliphatic heterocycles. The minimum absolute atomic E-state index is 0.151. The number of hydrogen-bond donors (Lipinski definition) is 1. The predicted octanol–water partition coefficient (Wildman–Crippen LogP) is 2.19. The van der Waals surface area contributed by atoms with Crippen LogP contribution in [0.15, 0.2) is 22.0 Å². The summed E-state index contributed by atoms with van der Waals surface area (Å²) >= 11 is 5.94. The average Bonchev–Trinajstić information content (AvgIpc) is 2.87. The summed E-state index contributed by atoms with van der Waals surface area (Å²) in [5.41, 5.74) is 1.24. The Labute approximate surface area is 120 Å². The second-order valence-electron chi connectivity index (χ2n) is 4.40. The summed E-state index contributed by atoms with van der Waals surface area (Å²) in [5, 5.41) is 2.93. The largest absolute Gasteiger partial charge is 0.372 e. The second-order valence-corrected chi connectivity index (χ2v) is 6.66. The SMILES string of the molecule is Cc1c(CC2=NCCN2)ccc(S(=O)(=O)C(F)F)c1Cl. The van der Waals surface area contributed by atoms with E-state index >= 15 is 0 Å². The zero-order valence-electron chi connectivity index (χ0n) is 10.7. The fraction of sp³-hybridized carbons (Fsp3) is 0.417. The van der Waals surface area contributed by atoms with E-state index in [4.69, 9.17) is 11.6 Å². The van der Waals surface area contributed by atoms with Crippen LogP contribution in [0.4, 0.5) is 8.78 Å². The van der Waals surface area contributed by atoms with Crippen molar-refractivity contribution >= 4 is 27.3 Å². The molecule has 8 heteroatoms. The molecule has 1 heterocycles. The van der Waals surface area contributed by atoms with Gasteiger partial charge in [-0.2, -0.15) is 8.78 Å². The van der Waals surface area contributed by atoms with Crippen molar-refractivity contribution in [1.82, 2.24) is 5.32 Å². The van der Waals surface area contributed by atoms with Gasteiger partial charge in [-0.15, -0.1) is 0 Å². The van der Waals surface area contributed by atoms with Crippen molar-refractivity contribution in [3.63, 3.8) is 0 Å². The van der Waals surface area contributed by atoms with Crippen LogP contribution >= 0.6 is 11.6 Å². The van der Waals surface area contributed by atoms with Gasteiger partial charge in [0.1, 0.15) is 5.84 Å². The molecule has 110 valence electrons. The summed E-state index contributed by atoms with van der Waals surface area (Å²) in [7, 11) is -4.69. The molecule has 0 bridgehead atoms. The predicted molar refractivity (Wildman–Crippen MR) is 73.4 cm³/mol. The van der Waals surface area contributed by atoms with Crippen LogP contribution < -0.4 is 5.32 Å². The lowest BCUT2D eigenvalue weighted by Gasteiger charge is -2.12. The van der Waals surface area contributed by atoms with Crippen molar-refractivity contribution in [3.8, 4) is 0 Å². The first-order valence-electron chi connectivity index (χ1n) is 5.91. The number of rotatable bonds is 4. The summed E-state index contributed by atoms with van der Waals surface area (Å²) < 4.78 is 48.1. The van der Waals surface area contributed by atoms with Crippen LogP contribution in [0.2, 0.25) is 5.02 Å². The zero-order chi connectivity index (χ0) is 14.9. The van der Waals surface area contributed by atoms with E-state index in [1.807, 2.05) is 0 Å². The number of nitrogens with one attached hydrogen (secondary N) is 1. The quantitative estimate of drug-likeness (QED) is 0.924. The summed E-state index contributed by atoms with van der Waals surface area (Å²) in [5.74, 6) is -2.69. The van der Waals surface area contributed by atoms with Gasteiger partial charge in [-0.25, -0.2) is 8.42 Å². The van der Waals surface area contributed by atoms with E-state index in [1.54, 1.807) is 6.92 Å². The third-order valence-electron chi connectivity index (χ3n) is 3.11. The van der Waals surface area contributed by atoms with Gasteiger partial charge in [-0.05, 0) is 24.1 Å². The molecule has 0 radical (unpaired) electrons. The zero-order valence-corrected chi connectivity index (χ0v) is 12.2. The highest BCUT2D eigenvalue weighted by Gasteiger charge is 2.30. The lowest BCUT2D eigenvalue weighted by Crippen LogP contribution is -2.21. The van der Waals surface area contributed by atoms with Gasteiger partial charge in [0.15, 0.2) is 0 Å². The number of alkyl halides is 2. The number of amidine groups is 1. The van der Waals surface area contributed by atoms with E-state index in [2.05, 4.69) is 10.3 Å². The third kappa shape index (κ3) is 2.78. The van der Waals surface area contributed by atoms with Gasteiger partial charge in [-0.3, -0.25) is 4.99 Å². The number of aliphatic imine (C=N–C) groups is 1. The van der Waals surface area contributed by atoms with Gasteiger partial charge < -0.3 is 5.32 Å². The van der Waals surface area contributed by atoms with Crippen molar-refractivity contribution in [3.05, 3.63) is 28.3 Å². The molecular weight excluding hydrogens is 310 g/mol. The minimum atomic E-state index is -4.69. The van der Waals surface area contributed by atoms with Crippen LogP contribution in [0.25, 0.3) is 0 Å². The molecule has 20 heavy (non-hydrogen) atoms. The number of sulfone groups is 1. The van der Waals surface area contributed by atoms with Crippen LogP contribution in [0.5, 0.6) is 0 Å². The molecule has 2 rings (SSSR count). The number of benzene rings is 1. The Bertz CT molecular complexity index is 660. The molecule has 0 aliphatic carbocycles. The Hall–Kier alpha value is -1.21. The fourth-order valence-corrected chi connectivity index (χ4v) is 3.31. The Morgan fingerprint density at radius 1 is 1.45 bits per heavy atom. The van der Waals surface area contributed by atoms with Gasteiger partial charge in [0.25, 0.3) is 0 Å². The standard InChI is InChI=1S/C12H13ClF2N2O2S/c1-7-8(6-10-16-4-5-17-10)2-3-9(11(7)13)20(18,19)12(14)15/h2-3,12H,4-6H2,1H3,(H,16,17). The maximum absolute atomic E-state index is 12.6. The van der Waals surface area contributed by atoms with Crippen molar-refractivity contribution in [2.75, 3.05) is 13.1 Å². The Balaban J connectivity index is 2.39. The van der Waals surface area contributed by atoms with Crippen LogP contribution in [-0.4, -0.2) is 33.1 Å². The third-order valence-corrected chi connectivity index (χ3v) is 5.13. The Morgan fingerprint density at radius 3 is 2.70 bits per heavy atom. The first-order valence-corrected chi connectivity index (χ1v) is 7.83. The van der Waals surface area contributed by atoms with Gasteiger partial charge >= 0.3 is 5.76 Å². The summed E-state index contributed by atoms with van der Waals surface area (Å²) in [6.45, 7) is 3.07. The monoisotopic (exact) mass is 322 g/mol. The maximum atomic E-state index is 12.6. The number of halogens is 3. The first-order chi connectivity index (χ1) is 9.34. The van der Waals surface area contributed by atoms with Crippen LogP contribution in [0, 0.1) is 6.92 Å². The summed E-state index contributed by atoms with van der Waals surface area (Å²) in [6.07, 6.45) is 0.473.